The summed E-state index contributed by atoms with van der Waals surface area (Å²) in [4.78, 5) is 2.50. The maximum absolute atomic E-state index is 5.60. The van der Waals surface area contributed by atoms with Crippen molar-refractivity contribution in [2.75, 3.05) is 18.0 Å². The highest BCUT2D eigenvalue weighted by molar-refractivity contribution is 9.10. The summed E-state index contributed by atoms with van der Waals surface area (Å²) >= 11 is 3.65. The van der Waals surface area contributed by atoms with Crippen LogP contribution < -0.4 is 10.6 Å². The van der Waals surface area contributed by atoms with Gasteiger partial charge in [-0.15, -0.1) is 0 Å². The molecule has 0 atom stereocenters. The Bertz CT molecular complexity index is 401. The van der Waals surface area contributed by atoms with Gasteiger partial charge in [0.15, 0.2) is 0 Å². The minimum absolute atomic E-state index is 0.287. The summed E-state index contributed by atoms with van der Waals surface area (Å²) < 4.78 is 1.18. The van der Waals surface area contributed by atoms with Gasteiger partial charge in [-0.3, -0.25) is 0 Å². The summed E-state index contributed by atoms with van der Waals surface area (Å²) in [5, 5.41) is 0. The number of nitrogens with two attached hydrogens (primary N) is 1. The Hall–Kier alpha value is -0.540. The fourth-order valence-electron chi connectivity index (χ4n) is 2.65. The molecule has 2 rings (SSSR count). The van der Waals surface area contributed by atoms with Crippen LogP contribution in [0.25, 0.3) is 0 Å². The molecule has 0 bridgehead atoms. The molecule has 0 aromatic heterocycles. The topological polar surface area (TPSA) is 29.3 Å². The van der Waals surface area contributed by atoms with E-state index in [-0.39, 0.29) is 5.54 Å². The standard InChI is InChI=1S/C14H21BrN2/c1-14(2)7-3-9-17(14)12-5-4-11(6-8-16)13(15)10-12/h4-5,10H,3,6-9,16H2,1-2H3. The molecule has 1 aliphatic heterocycles. The molecule has 0 amide bonds. The Morgan fingerprint density at radius 3 is 2.71 bits per heavy atom. The van der Waals surface area contributed by atoms with Crippen LogP contribution in [0, 0.1) is 0 Å². The molecule has 1 fully saturated rings. The van der Waals surface area contributed by atoms with Crippen LogP contribution in [0.2, 0.25) is 0 Å². The molecule has 0 spiro atoms. The second-order valence-corrected chi connectivity index (χ2v) is 6.24. The van der Waals surface area contributed by atoms with Gasteiger partial charge in [-0.1, -0.05) is 22.0 Å². The number of rotatable bonds is 3. The first kappa shape index (κ1) is 12.9. The molecule has 1 heterocycles. The second-order valence-electron chi connectivity index (χ2n) is 5.38. The molecule has 0 radical (unpaired) electrons. The molecule has 94 valence electrons. The Morgan fingerprint density at radius 1 is 1.41 bits per heavy atom. The van der Waals surface area contributed by atoms with Crippen molar-refractivity contribution in [2.24, 2.45) is 5.73 Å². The highest BCUT2D eigenvalue weighted by Crippen LogP contribution is 2.35. The summed E-state index contributed by atoms with van der Waals surface area (Å²) in [5.41, 5.74) is 8.51. The first-order chi connectivity index (χ1) is 8.04. The van der Waals surface area contributed by atoms with Crippen molar-refractivity contribution in [3.05, 3.63) is 28.2 Å². The van der Waals surface area contributed by atoms with Crippen LogP contribution in [0.5, 0.6) is 0 Å². The molecule has 1 saturated heterocycles. The molecule has 17 heavy (non-hydrogen) atoms. The van der Waals surface area contributed by atoms with Crippen molar-refractivity contribution < 1.29 is 0 Å². The van der Waals surface area contributed by atoms with Crippen LogP contribution in [0.15, 0.2) is 22.7 Å². The fourth-order valence-corrected chi connectivity index (χ4v) is 3.21. The summed E-state index contributed by atoms with van der Waals surface area (Å²) in [6.45, 7) is 6.51. The van der Waals surface area contributed by atoms with Gasteiger partial charge in [-0.25, -0.2) is 0 Å². The normalized spacial score (nSPS) is 18.7. The lowest BCUT2D eigenvalue weighted by atomic mass is 10.0. The van der Waals surface area contributed by atoms with Gasteiger partial charge in [0.25, 0.3) is 0 Å². The highest BCUT2D eigenvalue weighted by atomic mass is 79.9. The van der Waals surface area contributed by atoms with E-state index in [0.29, 0.717) is 6.54 Å². The first-order valence-corrected chi connectivity index (χ1v) is 7.10. The minimum atomic E-state index is 0.287. The van der Waals surface area contributed by atoms with Crippen LogP contribution in [0.3, 0.4) is 0 Å². The molecular weight excluding hydrogens is 276 g/mol. The monoisotopic (exact) mass is 296 g/mol. The van der Waals surface area contributed by atoms with E-state index in [0.717, 1.165) is 13.0 Å². The van der Waals surface area contributed by atoms with Gasteiger partial charge >= 0.3 is 0 Å². The summed E-state index contributed by atoms with van der Waals surface area (Å²) in [6, 6.07) is 6.65. The molecule has 0 aliphatic carbocycles. The van der Waals surface area contributed by atoms with Gasteiger partial charge in [0.05, 0.1) is 0 Å². The number of hydrogen-bond acceptors (Lipinski definition) is 2. The van der Waals surface area contributed by atoms with Gasteiger partial charge < -0.3 is 10.6 Å². The molecular formula is C14H21BrN2. The Balaban J connectivity index is 2.25. The van der Waals surface area contributed by atoms with Gasteiger partial charge in [0, 0.05) is 22.2 Å². The van der Waals surface area contributed by atoms with Crippen molar-refractivity contribution in [3.8, 4) is 0 Å². The predicted octanol–water partition coefficient (Wildman–Crippen LogP) is 3.33. The molecule has 2 nitrogen and oxygen atoms in total. The fraction of sp³-hybridized carbons (Fsp3) is 0.571. The molecule has 1 aromatic rings. The van der Waals surface area contributed by atoms with Gasteiger partial charge in [0.2, 0.25) is 0 Å². The SMILES string of the molecule is CC1(C)CCCN1c1ccc(CCN)c(Br)c1. The maximum Gasteiger partial charge on any atom is 0.0382 e. The van der Waals surface area contributed by atoms with E-state index in [1.165, 1.54) is 28.6 Å². The number of nitrogens with zero attached hydrogens (tertiary/aromatic N) is 1. The van der Waals surface area contributed by atoms with Crippen LogP contribution in [0.4, 0.5) is 5.69 Å². The van der Waals surface area contributed by atoms with Crippen molar-refractivity contribution in [3.63, 3.8) is 0 Å². The molecule has 0 unspecified atom stereocenters. The van der Waals surface area contributed by atoms with Crippen molar-refractivity contribution in [1.29, 1.82) is 0 Å². The van der Waals surface area contributed by atoms with E-state index in [1.54, 1.807) is 0 Å². The van der Waals surface area contributed by atoms with Crippen LogP contribution in [0.1, 0.15) is 32.3 Å². The largest absolute Gasteiger partial charge is 0.366 e. The number of halogens is 1. The van der Waals surface area contributed by atoms with Gasteiger partial charge in [0.1, 0.15) is 0 Å². The summed E-state index contributed by atoms with van der Waals surface area (Å²) in [6.07, 6.45) is 3.49. The third-order valence-corrected chi connectivity index (χ3v) is 4.40. The Labute approximate surface area is 112 Å². The zero-order valence-corrected chi connectivity index (χ0v) is 12.3. The highest BCUT2D eigenvalue weighted by Gasteiger charge is 2.31. The zero-order valence-electron chi connectivity index (χ0n) is 10.7. The van der Waals surface area contributed by atoms with Crippen LogP contribution in [-0.2, 0) is 6.42 Å². The zero-order chi connectivity index (χ0) is 12.5. The number of anilines is 1. The van der Waals surface area contributed by atoms with E-state index in [2.05, 4.69) is 52.9 Å². The third kappa shape index (κ3) is 2.66. The van der Waals surface area contributed by atoms with Gasteiger partial charge in [-0.2, -0.15) is 0 Å². The maximum atomic E-state index is 5.60. The van der Waals surface area contributed by atoms with Crippen molar-refractivity contribution in [2.45, 2.75) is 38.6 Å². The minimum Gasteiger partial charge on any atom is -0.366 e. The van der Waals surface area contributed by atoms with Crippen LogP contribution >= 0.6 is 15.9 Å². The predicted molar refractivity (Wildman–Crippen MR) is 77.6 cm³/mol. The average Bonchev–Trinajstić information content (AvgIpc) is 2.61. The third-order valence-electron chi connectivity index (χ3n) is 3.66. The van der Waals surface area contributed by atoms with Gasteiger partial charge in [-0.05, 0) is 57.4 Å². The summed E-state index contributed by atoms with van der Waals surface area (Å²) in [5.74, 6) is 0. The second kappa shape index (κ2) is 4.99. The first-order valence-electron chi connectivity index (χ1n) is 6.31. The van der Waals surface area contributed by atoms with E-state index in [4.69, 9.17) is 5.73 Å². The Morgan fingerprint density at radius 2 is 2.18 bits per heavy atom. The van der Waals surface area contributed by atoms with Crippen molar-refractivity contribution >= 4 is 21.6 Å². The lowest BCUT2D eigenvalue weighted by molar-refractivity contribution is 0.518. The van der Waals surface area contributed by atoms with E-state index in [1.807, 2.05) is 0 Å². The number of hydrogen-bond donors (Lipinski definition) is 1. The lowest BCUT2D eigenvalue weighted by Crippen LogP contribution is -2.38. The molecule has 1 aliphatic rings. The molecule has 2 N–H and O–H groups in total. The lowest BCUT2D eigenvalue weighted by Gasteiger charge is -2.34. The Kier molecular flexibility index (Phi) is 3.79. The smallest absolute Gasteiger partial charge is 0.0382 e. The van der Waals surface area contributed by atoms with E-state index in [9.17, 15) is 0 Å². The molecule has 3 heteroatoms. The van der Waals surface area contributed by atoms with Crippen molar-refractivity contribution in [1.82, 2.24) is 0 Å². The average molecular weight is 297 g/mol. The molecule has 0 saturated carbocycles. The quantitative estimate of drug-likeness (QED) is 0.927. The van der Waals surface area contributed by atoms with E-state index >= 15 is 0 Å². The van der Waals surface area contributed by atoms with Crippen LogP contribution in [-0.4, -0.2) is 18.6 Å². The summed E-state index contributed by atoms with van der Waals surface area (Å²) in [7, 11) is 0. The number of benzene rings is 1. The van der Waals surface area contributed by atoms with E-state index < -0.39 is 0 Å². The molecule has 1 aromatic carbocycles.